The van der Waals surface area contributed by atoms with E-state index < -0.39 is 11.7 Å². The van der Waals surface area contributed by atoms with Gasteiger partial charge >= 0.3 is 0 Å². The van der Waals surface area contributed by atoms with Crippen molar-refractivity contribution in [2.45, 2.75) is 38.4 Å². The quantitative estimate of drug-likeness (QED) is 0.879. The third-order valence-corrected chi connectivity index (χ3v) is 3.70. The molecule has 1 aromatic carbocycles. The molecule has 19 heavy (non-hydrogen) atoms. The largest absolute Gasteiger partial charge is 0.496 e. The molecule has 0 aliphatic carbocycles. The van der Waals surface area contributed by atoms with Crippen molar-refractivity contribution < 1.29 is 14.9 Å². The Hall–Kier alpha value is -1.26. The van der Waals surface area contributed by atoms with Gasteiger partial charge in [0.15, 0.2) is 0 Å². The number of benzene rings is 1. The number of hydrogen-bond acceptors (Lipinski definition) is 4. The van der Waals surface area contributed by atoms with Gasteiger partial charge in [-0.05, 0) is 38.8 Å². The van der Waals surface area contributed by atoms with Gasteiger partial charge in [0.25, 0.3) is 0 Å². The topological polar surface area (TPSA) is 52.9 Å². The minimum Gasteiger partial charge on any atom is -0.496 e. The molecule has 2 unspecified atom stereocenters. The first-order valence-electron chi connectivity index (χ1n) is 6.77. The summed E-state index contributed by atoms with van der Waals surface area (Å²) >= 11 is 0. The fourth-order valence-electron chi connectivity index (χ4n) is 2.83. The SMILES string of the molecule is COc1cccc(N2CCCC(C)(O)C2)c1C(C)O. The van der Waals surface area contributed by atoms with Gasteiger partial charge in [-0.2, -0.15) is 0 Å². The summed E-state index contributed by atoms with van der Waals surface area (Å²) in [6.45, 7) is 5.08. The third kappa shape index (κ3) is 3.01. The maximum absolute atomic E-state index is 10.2. The molecule has 0 radical (unpaired) electrons. The lowest BCUT2D eigenvalue weighted by atomic mass is 9.93. The Morgan fingerprint density at radius 1 is 1.42 bits per heavy atom. The van der Waals surface area contributed by atoms with Crippen molar-refractivity contribution in [1.82, 2.24) is 0 Å². The number of anilines is 1. The molecule has 0 amide bonds. The zero-order chi connectivity index (χ0) is 14.0. The molecule has 106 valence electrons. The van der Waals surface area contributed by atoms with Crippen LogP contribution in [-0.2, 0) is 0 Å². The number of ether oxygens (including phenoxy) is 1. The molecular formula is C15H23NO3. The van der Waals surface area contributed by atoms with E-state index in [1.54, 1.807) is 14.0 Å². The van der Waals surface area contributed by atoms with Crippen LogP contribution in [0.2, 0.25) is 0 Å². The molecule has 2 atom stereocenters. The summed E-state index contributed by atoms with van der Waals surface area (Å²) in [5, 5.41) is 20.2. The summed E-state index contributed by atoms with van der Waals surface area (Å²) in [7, 11) is 1.61. The molecule has 1 aromatic rings. The molecule has 0 saturated carbocycles. The second-order valence-electron chi connectivity index (χ2n) is 5.59. The Labute approximate surface area is 114 Å². The first-order chi connectivity index (χ1) is 8.94. The molecular weight excluding hydrogens is 242 g/mol. The Kier molecular flexibility index (Phi) is 4.02. The minimum absolute atomic E-state index is 0.583. The lowest BCUT2D eigenvalue weighted by Crippen LogP contribution is -2.46. The Morgan fingerprint density at radius 3 is 2.74 bits per heavy atom. The summed E-state index contributed by atoms with van der Waals surface area (Å²) < 4.78 is 5.34. The molecule has 0 aromatic heterocycles. The van der Waals surface area contributed by atoms with Gasteiger partial charge in [0.05, 0.1) is 18.8 Å². The monoisotopic (exact) mass is 265 g/mol. The molecule has 4 nitrogen and oxygen atoms in total. The van der Waals surface area contributed by atoms with Crippen molar-refractivity contribution in [3.05, 3.63) is 23.8 Å². The van der Waals surface area contributed by atoms with Crippen LogP contribution in [0.4, 0.5) is 5.69 Å². The van der Waals surface area contributed by atoms with Crippen LogP contribution in [0, 0.1) is 0 Å². The number of piperidine rings is 1. The number of nitrogens with zero attached hydrogens (tertiary/aromatic N) is 1. The minimum atomic E-state index is -0.669. The van der Waals surface area contributed by atoms with Gasteiger partial charge in [0, 0.05) is 24.3 Å². The van der Waals surface area contributed by atoms with Crippen molar-refractivity contribution in [3.63, 3.8) is 0 Å². The average Bonchev–Trinajstić information content (AvgIpc) is 2.36. The van der Waals surface area contributed by atoms with Crippen molar-refractivity contribution in [2.24, 2.45) is 0 Å². The fraction of sp³-hybridized carbons (Fsp3) is 0.600. The average molecular weight is 265 g/mol. The van der Waals surface area contributed by atoms with E-state index >= 15 is 0 Å². The van der Waals surface area contributed by atoms with E-state index in [4.69, 9.17) is 4.74 Å². The van der Waals surface area contributed by atoms with Gasteiger partial charge in [0.2, 0.25) is 0 Å². The molecule has 0 spiro atoms. The van der Waals surface area contributed by atoms with E-state index in [2.05, 4.69) is 4.90 Å². The van der Waals surface area contributed by atoms with Crippen molar-refractivity contribution in [1.29, 1.82) is 0 Å². The standard InChI is InChI=1S/C15H23NO3/c1-11(17)14-12(6-4-7-13(14)19-3)16-9-5-8-15(2,18)10-16/h4,6-7,11,17-18H,5,8-10H2,1-3H3. The van der Waals surface area contributed by atoms with Gasteiger partial charge in [-0.15, -0.1) is 0 Å². The number of β-amino-alcohol motifs (C(OH)–C–C–N with tert-alkyl or cyclic N) is 1. The highest BCUT2D eigenvalue weighted by molar-refractivity contribution is 5.60. The van der Waals surface area contributed by atoms with E-state index in [1.165, 1.54) is 0 Å². The van der Waals surface area contributed by atoms with Crippen LogP contribution in [-0.4, -0.2) is 36.0 Å². The highest BCUT2D eigenvalue weighted by atomic mass is 16.5. The van der Waals surface area contributed by atoms with Crippen molar-refractivity contribution in [2.75, 3.05) is 25.1 Å². The van der Waals surface area contributed by atoms with Crippen molar-refractivity contribution in [3.8, 4) is 5.75 Å². The summed E-state index contributed by atoms with van der Waals surface area (Å²) in [6, 6.07) is 5.75. The van der Waals surface area contributed by atoms with Gasteiger partial charge < -0.3 is 19.8 Å². The Morgan fingerprint density at radius 2 is 2.16 bits per heavy atom. The second-order valence-corrected chi connectivity index (χ2v) is 5.59. The predicted molar refractivity (Wildman–Crippen MR) is 75.7 cm³/mol. The van der Waals surface area contributed by atoms with Crippen LogP contribution in [0.1, 0.15) is 38.4 Å². The summed E-state index contributed by atoms with van der Waals surface area (Å²) in [6.07, 6.45) is 1.17. The van der Waals surface area contributed by atoms with Crippen LogP contribution in [0.3, 0.4) is 0 Å². The summed E-state index contributed by atoms with van der Waals surface area (Å²) in [4.78, 5) is 2.13. The zero-order valence-electron chi connectivity index (χ0n) is 11.9. The number of methoxy groups -OCH3 is 1. The molecule has 4 heteroatoms. The molecule has 0 bridgehead atoms. The second kappa shape index (κ2) is 5.39. The third-order valence-electron chi connectivity index (χ3n) is 3.70. The van der Waals surface area contributed by atoms with E-state index in [-0.39, 0.29) is 0 Å². The van der Waals surface area contributed by atoms with Crippen LogP contribution >= 0.6 is 0 Å². The summed E-state index contributed by atoms with van der Waals surface area (Å²) in [5.74, 6) is 0.692. The molecule has 2 N–H and O–H groups in total. The lowest BCUT2D eigenvalue weighted by molar-refractivity contribution is 0.0447. The predicted octanol–water partition coefficient (Wildman–Crippen LogP) is 2.10. The van der Waals surface area contributed by atoms with Gasteiger partial charge in [-0.25, -0.2) is 0 Å². The zero-order valence-corrected chi connectivity index (χ0v) is 11.9. The molecule has 1 fully saturated rings. The number of aliphatic hydroxyl groups excluding tert-OH is 1. The first kappa shape index (κ1) is 14.2. The maximum Gasteiger partial charge on any atom is 0.126 e. The highest BCUT2D eigenvalue weighted by Crippen LogP contribution is 2.36. The van der Waals surface area contributed by atoms with Crippen molar-refractivity contribution >= 4 is 5.69 Å². The molecule has 1 saturated heterocycles. The lowest BCUT2D eigenvalue weighted by Gasteiger charge is -2.39. The molecule has 1 heterocycles. The fourth-order valence-corrected chi connectivity index (χ4v) is 2.83. The van der Waals surface area contributed by atoms with Gasteiger partial charge in [-0.1, -0.05) is 6.07 Å². The van der Waals surface area contributed by atoms with E-state index in [1.807, 2.05) is 25.1 Å². The van der Waals surface area contributed by atoms with E-state index in [9.17, 15) is 10.2 Å². The smallest absolute Gasteiger partial charge is 0.126 e. The first-order valence-corrected chi connectivity index (χ1v) is 6.77. The van der Waals surface area contributed by atoms with E-state index in [0.717, 1.165) is 30.6 Å². The van der Waals surface area contributed by atoms with Crippen LogP contribution in [0.15, 0.2) is 18.2 Å². The number of rotatable bonds is 3. The van der Waals surface area contributed by atoms with Gasteiger partial charge in [-0.3, -0.25) is 0 Å². The molecule has 1 aliphatic heterocycles. The van der Waals surface area contributed by atoms with Crippen LogP contribution in [0.5, 0.6) is 5.75 Å². The van der Waals surface area contributed by atoms with E-state index in [0.29, 0.717) is 12.3 Å². The van der Waals surface area contributed by atoms with Gasteiger partial charge in [0.1, 0.15) is 5.75 Å². The normalized spacial score (nSPS) is 25.2. The molecule has 2 rings (SSSR count). The number of aliphatic hydroxyl groups is 2. The Balaban J connectivity index is 2.38. The Bertz CT molecular complexity index is 443. The van der Waals surface area contributed by atoms with Crippen LogP contribution in [0.25, 0.3) is 0 Å². The maximum atomic E-state index is 10.2. The number of hydrogen-bond donors (Lipinski definition) is 2. The summed E-state index contributed by atoms with van der Waals surface area (Å²) in [5.41, 5.74) is 1.08. The highest BCUT2D eigenvalue weighted by Gasteiger charge is 2.30. The molecule has 1 aliphatic rings. The van der Waals surface area contributed by atoms with Crippen LogP contribution < -0.4 is 9.64 Å².